The first-order chi connectivity index (χ1) is 9.94. The molecule has 0 saturated carbocycles. The van der Waals surface area contributed by atoms with Crippen LogP contribution in [0, 0.1) is 6.92 Å². The summed E-state index contributed by atoms with van der Waals surface area (Å²) < 4.78 is 28.9. The predicted molar refractivity (Wildman–Crippen MR) is 89.3 cm³/mol. The Labute approximate surface area is 135 Å². The van der Waals surface area contributed by atoms with Gasteiger partial charge in [-0.25, -0.2) is 13.4 Å². The zero-order valence-corrected chi connectivity index (χ0v) is 14.2. The number of benzene rings is 2. The Morgan fingerprint density at radius 1 is 1.14 bits per heavy atom. The van der Waals surface area contributed by atoms with Gasteiger partial charge >= 0.3 is 0 Å². The number of sulfonamides is 1. The van der Waals surface area contributed by atoms with Crippen LogP contribution in [0.1, 0.15) is 5.56 Å². The number of halogens is 1. The first kappa shape index (κ1) is 14.5. The molecule has 0 fully saturated rings. The van der Waals surface area contributed by atoms with Gasteiger partial charge in [-0.15, -0.1) is 0 Å². The molecule has 0 aliphatic rings. The number of rotatable bonds is 3. The molecule has 2 aromatic carbocycles. The normalized spacial score (nSPS) is 11.7. The molecule has 0 aliphatic carbocycles. The molecule has 0 amide bonds. The van der Waals surface area contributed by atoms with Gasteiger partial charge in [-0.05, 0) is 48.9 Å². The lowest BCUT2D eigenvalue weighted by Gasteiger charge is -2.04. The predicted octanol–water partition coefficient (Wildman–Crippen LogP) is 4.17. The van der Waals surface area contributed by atoms with Crippen molar-refractivity contribution in [3.05, 3.63) is 52.5 Å². The average molecular weight is 383 g/mol. The monoisotopic (exact) mass is 382 g/mol. The number of aromatic nitrogens is 1. The SMILES string of the molecule is Cc1ccc2nc(NS(=O)(=O)c3ccc(Br)cc3)sc2c1. The van der Waals surface area contributed by atoms with Crippen molar-refractivity contribution < 1.29 is 8.42 Å². The number of fused-ring (bicyclic) bond motifs is 1. The fourth-order valence-electron chi connectivity index (χ4n) is 1.86. The summed E-state index contributed by atoms with van der Waals surface area (Å²) in [6.07, 6.45) is 0. The Morgan fingerprint density at radius 3 is 2.57 bits per heavy atom. The van der Waals surface area contributed by atoms with Gasteiger partial charge < -0.3 is 0 Å². The van der Waals surface area contributed by atoms with E-state index in [1.165, 1.54) is 11.3 Å². The maximum Gasteiger partial charge on any atom is 0.263 e. The summed E-state index contributed by atoms with van der Waals surface area (Å²) in [6.45, 7) is 1.99. The molecule has 3 rings (SSSR count). The van der Waals surface area contributed by atoms with Crippen LogP contribution in [-0.2, 0) is 10.0 Å². The summed E-state index contributed by atoms with van der Waals surface area (Å²) in [5.41, 5.74) is 1.91. The van der Waals surface area contributed by atoms with Crippen molar-refractivity contribution in [2.24, 2.45) is 0 Å². The maximum atomic E-state index is 12.3. The second-order valence-corrected chi connectivity index (χ2v) is 8.18. The second kappa shape index (κ2) is 5.40. The molecule has 0 aliphatic heterocycles. The number of thiazole rings is 1. The van der Waals surface area contributed by atoms with E-state index in [4.69, 9.17) is 0 Å². The van der Waals surface area contributed by atoms with E-state index in [0.717, 1.165) is 20.3 Å². The van der Waals surface area contributed by atoms with Crippen molar-refractivity contribution in [2.45, 2.75) is 11.8 Å². The minimum atomic E-state index is -3.61. The average Bonchev–Trinajstić information content (AvgIpc) is 2.79. The summed E-state index contributed by atoms with van der Waals surface area (Å²) in [5, 5.41) is 0.374. The lowest BCUT2D eigenvalue weighted by molar-refractivity contribution is 0.601. The van der Waals surface area contributed by atoms with E-state index in [1.54, 1.807) is 24.3 Å². The number of hydrogen-bond acceptors (Lipinski definition) is 4. The smallest absolute Gasteiger partial charge is 0.255 e. The fraction of sp³-hybridized carbons (Fsp3) is 0.0714. The van der Waals surface area contributed by atoms with Crippen LogP contribution in [0.25, 0.3) is 10.2 Å². The molecule has 0 radical (unpaired) electrons. The van der Waals surface area contributed by atoms with Crippen LogP contribution in [0.4, 0.5) is 5.13 Å². The summed E-state index contributed by atoms with van der Waals surface area (Å²) >= 11 is 4.61. The molecular formula is C14H11BrN2O2S2. The number of aryl methyl sites for hydroxylation is 1. The highest BCUT2D eigenvalue weighted by atomic mass is 79.9. The minimum absolute atomic E-state index is 0.209. The van der Waals surface area contributed by atoms with Gasteiger partial charge in [-0.2, -0.15) is 0 Å². The number of nitrogens with zero attached hydrogens (tertiary/aromatic N) is 1. The van der Waals surface area contributed by atoms with E-state index in [0.29, 0.717) is 5.13 Å². The van der Waals surface area contributed by atoms with E-state index in [9.17, 15) is 8.42 Å². The molecule has 1 heterocycles. The Kier molecular flexibility index (Phi) is 3.73. The maximum absolute atomic E-state index is 12.3. The molecule has 1 N–H and O–H groups in total. The van der Waals surface area contributed by atoms with E-state index < -0.39 is 10.0 Å². The first-order valence-corrected chi connectivity index (χ1v) is 9.19. The Morgan fingerprint density at radius 2 is 1.86 bits per heavy atom. The molecule has 7 heteroatoms. The largest absolute Gasteiger partial charge is 0.263 e. The number of nitrogens with one attached hydrogen (secondary N) is 1. The van der Waals surface area contributed by atoms with Gasteiger partial charge in [-0.1, -0.05) is 33.3 Å². The highest BCUT2D eigenvalue weighted by Crippen LogP contribution is 2.28. The molecule has 0 saturated heterocycles. The molecule has 0 atom stereocenters. The van der Waals surface area contributed by atoms with E-state index in [1.807, 2.05) is 25.1 Å². The van der Waals surface area contributed by atoms with Gasteiger partial charge in [0, 0.05) is 4.47 Å². The zero-order chi connectivity index (χ0) is 15.0. The van der Waals surface area contributed by atoms with Crippen molar-refractivity contribution in [1.29, 1.82) is 0 Å². The standard InChI is InChI=1S/C14H11BrN2O2S2/c1-9-2-7-12-13(8-9)20-14(16-12)17-21(18,19)11-5-3-10(15)4-6-11/h2-8H,1H3,(H,16,17). The Balaban J connectivity index is 1.95. The van der Waals surface area contributed by atoms with Crippen LogP contribution in [0.5, 0.6) is 0 Å². The topological polar surface area (TPSA) is 59.1 Å². The van der Waals surface area contributed by atoms with Crippen LogP contribution in [0.2, 0.25) is 0 Å². The molecule has 1 aromatic heterocycles. The minimum Gasteiger partial charge on any atom is -0.255 e. The van der Waals surface area contributed by atoms with Gasteiger partial charge in [0.15, 0.2) is 5.13 Å². The molecule has 3 aromatic rings. The fourth-order valence-corrected chi connectivity index (χ4v) is 4.33. The van der Waals surface area contributed by atoms with Crippen LogP contribution in [0.3, 0.4) is 0 Å². The van der Waals surface area contributed by atoms with Crippen LogP contribution >= 0.6 is 27.3 Å². The summed E-state index contributed by atoms with van der Waals surface area (Å²) in [5.74, 6) is 0. The second-order valence-electron chi connectivity index (χ2n) is 4.55. The molecule has 4 nitrogen and oxygen atoms in total. The van der Waals surface area contributed by atoms with Gasteiger partial charge in [-0.3, -0.25) is 4.72 Å². The van der Waals surface area contributed by atoms with Crippen LogP contribution in [-0.4, -0.2) is 13.4 Å². The third-order valence-electron chi connectivity index (χ3n) is 2.89. The molecule has 108 valence electrons. The molecule has 0 bridgehead atoms. The number of hydrogen-bond donors (Lipinski definition) is 1. The van der Waals surface area contributed by atoms with Crippen molar-refractivity contribution in [3.8, 4) is 0 Å². The van der Waals surface area contributed by atoms with Crippen LogP contribution < -0.4 is 4.72 Å². The molecule has 0 spiro atoms. The van der Waals surface area contributed by atoms with Crippen molar-refractivity contribution in [2.75, 3.05) is 4.72 Å². The lowest BCUT2D eigenvalue weighted by atomic mass is 10.2. The lowest BCUT2D eigenvalue weighted by Crippen LogP contribution is -2.12. The van der Waals surface area contributed by atoms with Gasteiger partial charge in [0.05, 0.1) is 15.1 Å². The van der Waals surface area contributed by atoms with Crippen molar-refractivity contribution in [1.82, 2.24) is 4.98 Å². The highest BCUT2D eigenvalue weighted by molar-refractivity contribution is 9.10. The third-order valence-corrected chi connectivity index (χ3v) is 5.84. The Hall–Kier alpha value is -1.44. The van der Waals surface area contributed by atoms with E-state index in [2.05, 4.69) is 25.6 Å². The van der Waals surface area contributed by atoms with Gasteiger partial charge in [0.25, 0.3) is 10.0 Å². The summed E-state index contributed by atoms with van der Waals surface area (Å²) in [6, 6.07) is 12.3. The summed E-state index contributed by atoms with van der Waals surface area (Å²) in [4.78, 5) is 4.51. The quantitative estimate of drug-likeness (QED) is 0.739. The molecule has 0 unspecified atom stereocenters. The van der Waals surface area contributed by atoms with Crippen LogP contribution in [0.15, 0.2) is 51.8 Å². The third kappa shape index (κ3) is 3.09. The molecule has 21 heavy (non-hydrogen) atoms. The Bertz CT molecular complexity index is 902. The van der Waals surface area contributed by atoms with E-state index >= 15 is 0 Å². The first-order valence-electron chi connectivity index (χ1n) is 6.10. The van der Waals surface area contributed by atoms with E-state index in [-0.39, 0.29) is 4.90 Å². The van der Waals surface area contributed by atoms with Crippen molar-refractivity contribution in [3.63, 3.8) is 0 Å². The van der Waals surface area contributed by atoms with Crippen molar-refractivity contribution >= 4 is 52.6 Å². The highest BCUT2D eigenvalue weighted by Gasteiger charge is 2.16. The zero-order valence-electron chi connectivity index (χ0n) is 11.0. The van der Waals surface area contributed by atoms with Gasteiger partial charge in [0.1, 0.15) is 0 Å². The molecular weight excluding hydrogens is 372 g/mol. The number of anilines is 1. The van der Waals surface area contributed by atoms with Gasteiger partial charge in [0.2, 0.25) is 0 Å². The summed E-state index contributed by atoms with van der Waals surface area (Å²) in [7, 11) is -3.61.